The molecule has 23 heavy (non-hydrogen) atoms. The molecule has 0 unspecified atom stereocenters. The van der Waals surface area contributed by atoms with E-state index in [2.05, 4.69) is 30.7 Å². The second-order valence-corrected chi connectivity index (χ2v) is 8.11. The Kier molecular flexibility index (Phi) is 4.10. The molecule has 0 aromatic carbocycles. The van der Waals surface area contributed by atoms with E-state index in [9.17, 15) is 4.79 Å². The molecule has 0 aliphatic carbocycles. The van der Waals surface area contributed by atoms with Crippen molar-refractivity contribution in [3.8, 4) is 5.88 Å². The van der Waals surface area contributed by atoms with Gasteiger partial charge in [-0.2, -0.15) is 0 Å². The summed E-state index contributed by atoms with van der Waals surface area (Å²) in [7, 11) is 0. The van der Waals surface area contributed by atoms with Gasteiger partial charge in [0.05, 0.1) is 17.7 Å². The zero-order valence-corrected chi connectivity index (χ0v) is 14.7. The number of ether oxygens (including phenoxy) is 1. The lowest BCUT2D eigenvalue weighted by Crippen LogP contribution is -2.38. The zero-order valence-electron chi connectivity index (χ0n) is 13.9. The fraction of sp³-hybridized carbons (Fsp3) is 0.471. The van der Waals surface area contributed by atoms with Gasteiger partial charge in [-0.25, -0.2) is 9.97 Å². The number of hydrogen-bond donors (Lipinski definition) is 0. The van der Waals surface area contributed by atoms with E-state index in [0.717, 1.165) is 22.7 Å². The summed E-state index contributed by atoms with van der Waals surface area (Å²) >= 11 is 1.48. The van der Waals surface area contributed by atoms with Crippen LogP contribution in [-0.4, -0.2) is 29.0 Å². The molecule has 0 N–H and O–H groups in total. The number of aryl methyl sites for hydroxylation is 1. The first-order valence-electron chi connectivity index (χ1n) is 7.69. The van der Waals surface area contributed by atoms with Crippen molar-refractivity contribution in [3.05, 3.63) is 33.9 Å². The summed E-state index contributed by atoms with van der Waals surface area (Å²) in [6.45, 7) is 9.46. The lowest BCUT2D eigenvalue weighted by atomic mass is 9.93. The van der Waals surface area contributed by atoms with Gasteiger partial charge < -0.3 is 4.74 Å². The van der Waals surface area contributed by atoms with Crippen molar-refractivity contribution < 1.29 is 9.53 Å². The summed E-state index contributed by atoms with van der Waals surface area (Å²) in [5.74, 6) is 0.495. The first kappa shape index (κ1) is 15.9. The molecule has 3 heterocycles. The Hall–Kier alpha value is -1.95. The van der Waals surface area contributed by atoms with E-state index in [1.807, 2.05) is 13.0 Å². The molecule has 2 aromatic rings. The molecule has 0 atom stereocenters. The molecule has 2 aromatic heterocycles. The van der Waals surface area contributed by atoms with Crippen LogP contribution < -0.4 is 9.64 Å². The minimum atomic E-state index is -0.0281. The smallest absolute Gasteiger partial charge is 0.270 e. The average Bonchev–Trinajstić information content (AvgIpc) is 2.92. The summed E-state index contributed by atoms with van der Waals surface area (Å²) in [6.07, 6.45) is 4.30. The van der Waals surface area contributed by atoms with E-state index in [1.54, 1.807) is 17.3 Å². The zero-order chi connectivity index (χ0) is 16.6. The number of thiazole rings is 1. The maximum atomic E-state index is 12.9. The molecule has 1 aliphatic heterocycles. The lowest BCUT2D eigenvalue weighted by molar-refractivity contribution is 0.0979. The van der Waals surface area contributed by atoms with Crippen LogP contribution in [0.3, 0.4) is 0 Å². The third-order valence-electron chi connectivity index (χ3n) is 3.50. The molecule has 3 rings (SSSR count). The molecular formula is C17H21N3O2S. The Balaban J connectivity index is 1.86. The fourth-order valence-corrected chi connectivity index (χ4v) is 3.66. The van der Waals surface area contributed by atoms with Crippen molar-refractivity contribution in [3.63, 3.8) is 0 Å². The van der Waals surface area contributed by atoms with E-state index in [1.165, 1.54) is 11.3 Å². The molecule has 0 spiro atoms. The van der Waals surface area contributed by atoms with E-state index >= 15 is 0 Å². The van der Waals surface area contributed by atoms with Crippen LogP contribution in [0.2, 0.25) is 0 Å². The molecule has 1 amide bonds. The molecule has 0 bridgehead atoms. The van der Waals surface area contributed by atoms with Crippen molar-refractivity contribution in [1.29, 1.82) is 0 Å². The van der Waals surface area contributed by atoms with Crippen LogP contribution in [-0.2, 0) is 6.42 Å². The monoisotopic (exact) mass is 331 g/mol. The van der Waals surface area contributed by atoms with Gasteiger partial charge in [0.2, 0.25) is 5.88 Å². The lowest BCUT2D eigenvalue weighted by Gasteiger charge is -2.28. The summed E-state index contributed by atoms with van der Waals surface area (Å²) in [4.78, 5) is 24.0. The first-order chi connectivity index (χ1) is 10.8. The molecule has 0 saturated heterocycles. The van der Waals surface area contributed by atoms with Crippen LogP contribution in [0.15, 0.2) is 18.5 Å². The van der Waals surface area contributed by atoms with Gasteiger partial charge in [0, 0.05) is 12.6 Å². The summed E-state index contributed by atoms with van der Waals surface area (Å²) in [5, 5.41) is 0.997. The first-order valence-corrected chi connectivity index (χ1v) is 8.51. The van der Waals surface area contributed by atoms with Crippen LogP contribution in [0.25, 0.3) is 0 Å². The SMILES string of the molecule is Cc1cnc2c(c1)N(C(=O)c1cnc(CC(C)(C)C)s1)CCO2. The number of rotatable bonds is 2. The van der Waals surface area contributed by atoms with Crippen molar-refractivity contribution in [2.45, 2.75) is 34.1 Å². The van der Waals surface area contributed by atoms with Gasteiger partial charge in [0.25, 0.3) is 5.91 Å². The van der Waals surface area contributed by atoms with Gasteiger partial charge in [-0.3, -0.25) is 9.69 Å². The van der Waals surface area contributed by atoms with Crippen molar-refractivity contribution in [1.82, 2.24) is 9.97 Å². The summed E-state index contributed by atoms with van der Waals surface area (Å²) < 4.78 is 5.55. The number of carbonyl (C=O) groups is 1. The van der Waals surface area contributed by atoms with Gasteiger partial charge in [-0.15, -0.1) is 11.3 Å². The second kappa shape index (κ2) is 5.92. The number of nitrogens with zero attached hydrogens (tertiary/aromatic N) is 3. The Morgan fingerprint density at radius 1 is 1.35 bits per heavy atom. The summed E-state index contributed by atoms with van der Waals surface area (Å²) in [5.41, 5.74) is 1.90. The van der Waals surface area contributed by atoms with Gasteiger partial charge in [0.15, 0.2) is 0 Å². The fourth-order valence-electron chi connectivity index (χ4n) is 2.49. The quantitative estimate of drug-likeness (QED) is 0.845. The standard InChI is InChI=1S/C17H21N3O2S/c1-11-7-12-15(19-9-11)22-6-5-20(12)16(21)13-10-18-14(23-13)8-17(2,3)4/h7,9-10H,5-6,8H2,1-4H3. The number of pyridine rings is 1. The van der Waals surface area contributed by atoms with Crippen LogP contribution in [0.5, 0.6) is 5.88 Å². The van der Waals surface area contributed by atoms with Gasteiger partial charge in [0.1, 0.15) is 17.2 Å². The number of hydrogen-bond acceptors (Lipinski definition) is 5. The molecule has 6 heteroatoms. The molecule has 0 radical (unpaired) electrons. The highest BCUT2D eigenvalue weighted by molar-refractivity contribution is 7.13. The average molecular weight is 331 g/mol. The van der Waals surface area contributed by atoms with E-state index in [0.29, 0.717) is 23.9 Å². The van der Waals surface area contributed by atoms with E-state index in [-0.39, 0.29) is 11.3 Å². The molecular weight excluding hydrogens is 310 g/mol. The van der Waals surface area contributed by atoms with Crippen molar-refractivity contribution >= 4 is 22.9 Å². The van der Waals surface area contributed by atoms with Crippen LogP contribution in [0.4, 0.5) is 5.69 Å². The predicted octanol–water partition coefficient (Wildman–Crippen LogP) is 3.47. The molecule has 5 nitrogen and oxygen atoms in total. The highest BCUT2D eigenvalue weighted by Gasteiger charge is 2.27. The number of fused-ring (bicyclic) bond motifs is 1. The van der Waals surface area contributed by atoms with Crippen LogP contribution >= 0.6 is 11.3 Å². The Labute approximate surface area is 140 Å². The maximum absolute atomic E-state index is 12.9. The third kappa shape index (κ3) is 3.52. The third-order valence-corrected chi connectivity index (χ3v) is 4.49. The van der Waals surface area contributed by atoms with Crippen molar-refractivity contribution in [2.75, 3.05) is 18.1 Å². The normalized spacial score (nSPS) is 14.3. The molecule has 1 aliphatic rings. The molecule has 0 fully saturated rings. The number of amides is 1. The Morgan fingerprint density at radius 3 is 2.87 bits per heavy atom. The highest BCUT2D eigenvalue weighted by Crippen LogP contribution is 2.32. The largest absolute Gasteiger partial charge is 0.474 e. The van der Waals surface area contributed by atoms with E-state index < -0.39 is 0 Å². The Bertz CT molecular complexity index is 734. The van der Waals surface area contributed by atoms with Crippen molar-refractivity contribution in [2.24, 2.45) is 5.41 Å². The minimum absolute atomic E-state index is 0.0281. The number of aromatic nitrogens is 2. The van der Waals surface area contributed by atoms with E-state index in [4.69, 9.17) is 4.74 Å². The topological polar surface area (TPSA) is 55.3 Å². The number of carbonyl (C=O) groups excluding carboxylic acids is 1. The predicted molar refractivity (Wildman–Crippen MR) is 91.4 cm³/mol. The second-order valence-electron chi connectivity index (χ2n) is 7.00. The minimum Gasteiger partial charge on any atom is -0.474 e. The van der Waals surface area contributed by atoms with Gasteiger partial charge in [-0.1, -0.05) is 20.8 Å². The number of anilines is 1. The summed E-state index contributed by atoms with van der Waals surface area (Å²) in [6, 6.07) is 1.94. The van der Waals surface area contributed by atoms with Crippen LogP contribution in [0.1, 0.15) is 41.0 Å². The Morgan fingerprint density at radius 2 is 2.13 bits per heavy atom. The molecule has 0 saturated carbocycles. The van der Waals surface area contributed by atoms with Crippen LogP contribution in [0, 0.1) is 12.3 Å². The highest BCUT2D eigenvalue weighted by atomic mass is 32.1. The van der Waals surface area contributed by atoms with Gasteiger partial charge >= 0.3 is 0 Å². The van der Waals surface area contributed by atoms with Gasteiger partial charge in [-0.05, 0) is 24.0 Å². The maximum Gasteiger partial charge on any atom is 0.270 e. The molecule has 122 valence electrons.